The minimum absolute atomic E-state index is 0.254. The van der Waals surface area contributed by atoms with E-state index in [0.717, 1.165) is 50.0 Å². The molecule has 0 aromatic heterocycles. The average molecular weight is 470 g/mol. The molecular formula is C26H35N3O3S. The zero-order chi connectivity index (χ0) is 23.6. The van der Waals surface area contributed by atoms with Gasteiger partial charge in [-0.3, -0.25) is 4.79 Å². The van der Waals surface area contributed by atoms with Crippen LogP contribution >= 0.6 is 0 Å². The Morgan fingerprint density at radius 3 is 2.15 bits per heavy atom. The van der Waals surface area contributed by atoms with Crippen LogP contribution in [0.3, 0.4) is 0 Å². The third-order valence-electron chi connectivity index (χ3n) is 7.10. The van der Waals surface area contributed by atoms with Crippen LogP contribution in [0.25, 0.3) is 0 Å². The van der Waals surface area contributed by atoms with Gasteiger partial charge in [-0.1, -0.05) is 32.0 Å². The topological polar surface area (TPSA) is 69.7 Å². The van der Waals surface area contributed by atoms with Gasteiger partial charge in [-0.25, -0.2) is 8.42 Å². The number of anilines is 2. The van der Waals surface area contributed by atoms with Crippen molar-refractivity contribution < 1.29 is 13.2 Å². The van der Waals surface area contributed by atoms with Crippen molar-refractivity contribution >= 4 is 27.3 Å². The molecule has 7 heteroatoms. The van der Waals surface area contributed by atoms with Crippen molar-refractivity contribution in [3.8, 4) is 0 Å². The fraction of sp³-hybridized carbons (Fsp3) is 0.500. The van der Waals surface area contributed by atoms with Gasteiger partial charge in [-0.05, 0) is 74.3 Å². The number of carbonyl (C=O) groups is 1. The molecule has 178 valence electrons. The van der Waals surface area contributed by atoms with Crippen LogP contribution < -0.4 is 10.2 Å². The fourth-order valence-electron chi connectivity index (χ4n) is 4.64. The Balaban J connectivity index is 1.69. The first-order valence-electron chi connectivity index (χ1n) is 12.0. The Hall–Kier alpha value is -2.38. The zero-order valence-electron chi connectivity index (χ0n) is 19.9. The van der Waals surface area contributed by atoms with Gasteiger partial charge < -0.3 is 10.2 Å². The number of piperidine rings is 2. The molecule has 33 heavy (non-hydrogen) atoms. The molecule has 2 heterocycles. The molecule has 2 aliphatic rings. The van der Waals surface area contributed by atoms with Crippen LogP contribution in [0, 0.1) is 18.8 Å². The number of sulfonamides is 1. The summed E-state index contributed by atoms with van der Waals surface area (Å²) in [7, 11) is -3.70. The number of hydrogen-bond donors (Lipinski definition) is 1. The van der Waals surface area contributed by atoms with E-state index in [0.29, 0.717) is 36.2 Å². The van der Waals surface area contributed by atoms with Crippen LogP contribution in [0.2, 0.25) is 0 Å². The highest BCUT2D eigenvalue weighted by Crippen LogP contribution is 2.34. The molecule has 2 fully saturated rings. The van der Waals surface area contributed by atoms with E-state index in [9.17, 15) is 13.2 Å². The van der Waals surface area contributed by atoms with Gasteiger partial charge in [-0.15, -0.1) is 0 Å². The molecule has 0 bridgehead atoms. The lowest BCUT2D eigenvalue weighted by Crippen LogP contribution is -2.39. The van der Waals surface area contributed by atoms with Gasteiger partial charge in [0.15, 0.2) is 0 Å². The molecule has 4 rings (SSSR count). The summed E-state index contributed by atoms with van der Waals surface area (Å²) < 4.78 is 29.2. The Bertz CT molecular complexity index is 1100. The van der Waals surface area contributed by atoms with Gasteiger partial charge >= 0.3 is 0 Å². The van der Waals surface area contributed by atoms with Crippen molar-refractivity contribution in [1.82, 2.24) is 4.31 Å². The van der Waals surface area contributed by atoms with Crippen LogP contribution in [0.4, 0.5) is 11.4 Å². The highest BCUT2D eigenvalue weighted by Gasteiger charge is 2.32. The predicted octanol–water partition coefficient (Wildman–Crippen LogP) is 4.90. The third-order valence-corrected chi connectivity index (χ3v) is 9.03. The van der Waals surface area contributed by atoms with Gasteiger partial charge in [0.2, 0.25) is 10.0 Å². The van der Waals surface area contributed by atoms with Crippen LogP contribution in [0.5, 0.6) is 0 Å². The number of carbonyl (C=O) groups excluding carboxylic acids is 1. The van der Waals surface area contributed by atoms with Crippen LogP contribution in [0.15, 0.2) is 47.4 Å². The molecule has 6 nitrogen and oxygen atoms in total. The second-order valence-corrected chi connectivity index (χ2v) is 11.6. The van der Waals surface area contributed by atoms with Crippen molar-refractivity contribution in [2.24, 2.45) is 11.8 Å². The molecule has 0 aliphatic carbocycles. The average Bonchev–Trinajstić information content (AvgIpc) is 2.81. The maximum Gasteiger partial charge on any atom is 0.255 e. The summed E-state index contributed by atoms with van der Waals surface area (Å²) in [6.45, 7) is 9.05. The van der Waals surface area contributed by atoms with Gasteiger partial charge in [0.05, 0.1) is 5.69 Å². The van der Waals surface area contributed by atoms with Crippen LogP contribution in [0.1, 0.15) is 55.5 Å². The van der Waals surface area contributed by atoms with Crippen molar-refractivity contribution in [3.63, 3.8) is 0 Å². The number of rotatable bonds is 5. The van der Waals surface area contributed by atoms with E-state index in [1.165, 1.54) is 0 Å². The maximum atomic E-state index is 13.8. The van der Waals surface area contributed by atoms with Crippen LogP contribution in [-0.2, 0) is 10.0 Å². The van der Waals surface area contributed by atoms with Crippen LogP contribution in [-0.4, -0.2) is 44.8 Å². The molecule has 0 unspecified atom stereocenters. The van der Waals surface area contributed by atoms with Gasteiger partial charge in [0.1, 0.15) is 4.90 Å². The van der Waals surface area contributed by atoms with Crippen molar-refractivity contribution in [2.75, 3.05) is 36.4 Å². The summed E-state index contributed by atoms with van der Waals surface area (Å²) in [6.07, 6.45) is 3.80. The number of aryl methyl sites for hydroxylation is 1. The molecule has 2 aromatic rings. The highest BCUT2D eigenvalue weighted by atomic mass is 32.2. The van der Waals surface area contributed by atoms with E-state index in [-0.39, 0.29) is 10.8 Å². The normalized spacial score (nSPS) is 18.9. The summed E-state index contributed by atoms with van der Waals surface area (Å²) in [4.78, 5) is 15.5. The second-order valence-electron chi connectivity index (χ2n) is 9.71. The predicted molar refractivity (Wildman–Crippen MR) is 133 cm³/mol. The quantitative estimate of drug-likeness (QED) is 0.676. The molecule has 0 atom stereocenters. The first-order chi connectivity index (χ1) is 15.8. The van der Waals surface area contributed by atoms with Gasteiger partial charge in [-0.2, -0.15) is 4.31 Å². The molecule has 2 aromatic carbocycles. The molecular weight excluding hydrogens is 434 g/mol. The number of benzene rings is 2. The Morgan fingerprint density at radius 1 is 0.909 bits per heavy atom. The monoisotopic (exact) mass is 469 g/mol. The summed E-state index contributed by atoms with van der Waals surface area (Å²) in [6, 6.07) is 12.7. The summed E-state index contributed by atoms with van der Waals surface area (Å²) in [5.41, 5.74) is 2.76. The summed E-state index contributed by atoms with van der Waals surface area (Å²) in [5, 5.41) is 2.93. The second kappa shape index (κ2) is 9.85. The number of para-hydroxylation sites is 1. The molecule has 0 saturated carbocycles. The first kappa shape index (κ1) is 23.8. The minimum atomic E-state index is -3.70. The standard InChI is InChI=1S/C26H35N3O3S/c1-19-10-14-28(15-11-19)24-9-8-22(26(30)27-23-7-5-4-6-21(23)3)18-25(24)33(31,32)29-16-12-20(2)13-17-29/h4-9,18-20H,10-17H2,1-3H3,(H,27,30). The van der Waals surface area contributed by atoms with Crippen molar-refractivity contribution in [1.29, 1.82) is 0 Å². The van der Waals surface area contributed by atoms with E-state index in [4.69, 9.17) is 0 Å². The summed E-state index contributed by atoms with van der Waals surface area (Å²) in [5.74, 6) is 0.876. The van der Waals surface area contributed by atoms with Gasteiger partial charge in [0, 0.05) is 37.4 Å². The highest BCUT2D eigenvalue weighted by molar-refractivity contribution is 7.89. The largest absolute Gasteiger partial charge is 0.370 e. The zero-order valence-corrected chi connectivity index (χ0v) is 20.7. The third kappa shape index (κ3) is 5.25. The van der Waals surface area contributed by atoms with E-state index in [1.54, 1.807) is 16.4 Å². The SMILES string of the molecule is Cc1ccccc1NC(=O)c1ccc(N2CCC(C)CC2)c(S(=O)(=O)N2CCC(C)CC2)c1. The lowest BCUT2D eigenvalue weighted by atomic mass is 9.98. The Morgan fingerprint density at radius 2 is 1.52 bits per heavy atom. The smallest absolute Gasteiger partial charge is 0.255 e. The Labute approximate surface area is 198 Å². The van der Waals surface area contributed by atoms with E-state index < -0.39 is 10.0 Å². The number of amides is 1. The molecule has 2 saturated heterocycles. The number of hydrogen-bond acceptors (Lipinski definition) is 4. The lowest BCUT2D eigenvalue weighted by molar-refractivity contribution is 0.102. The molecule has 0 spiro atoms. The number of nitrogens with zero attached hydrogens (tertiary/aromatic N) is 2. The molecule has 1 N–H and O–H groups in total. The molecule has 1 amide bonds. The number of nitrogens with one attached hydrogen (secondary N) is 1. The molecule has 2 aliphatic heterocycles. The van der Waals surface area contributed by atoms with E-state index in [1.807, 2.05) is 37.3 Å². The van der Waals surface area contributed by atoms with Gasteiger partial charge in [0.25, 0.3) is 5.91 Å². The van der Waals surface area contributed by atoms with E-state index in [2.05, 4.69) is 24.1 Å². The maximum absolute atomic E-state index is 13.8. The van der Waals surface area contributed by atoms with E-state index >= 15 is 0 Å². The molecule has 0 radical (unpaired) electrons. The van der Waals surface area contributed by atoms with Crippen molar-refractivity contribution in [3.05, 3.63) is 53.6 Å². The van der Waals surface area contributed by atoms with Crippen molar-refractivity contribution in [2.45, 2.75) is 51.3 Å². The minimum Gasteiger partial charge on any atom is -0.370 e. The summed E-state index contributed by atoms with van der Waals surface area (Å²) >= 11 is 0. The first-order valence-corrected chi connectivity index (χ1v) is 13.5. The lowest BCUT2D eigenvalue weighted by Gasteiger charge is -2.35. The fourth-order valence-corrected chi connectivity index (χ4v) is 6.35. The Kier molecular flexibility index (Phi) is 7.10.